The monoisotopic (exact) mass is 257 g/mol. The van der Waals surface area contributed by atoms with Crippen molar-refractivity contribution in [2.75, 3.05) is 7.11 Å². The maximum atomic E-state index is 10.6. The van der Waals surface area contributed by atoms with Crippen molar-refractivity contribution >= 4 is 34.5 Å². The van der Waals surface area contributed by atoms with Crippen molar-refractivity contribution in [3.05, 3.63) is 0 Å². The molecule has 4 nitrogen and oxygen atoms in total. The van der Waals surface area contributed by atoms with Crippen LogP contribution in [-0.4, -0.2) is 22.9 Å². The molecule has 5 heteroatoms. The van der Waals surface area contributed by atoms with Gasteiger partial charge in [0.05, 0.1) is 7.11 Å². The number of methoxy groups -OCH3 is 1. The van der Waals surface area contributed by atoms with E-state index in [1.165, 1.54) is 7.11 Å². The molecule has 0 rings (SSSR count). The molecule has 10 heavy (non-hydrogen) atoms. The number of halogens is 1. The van der Waals surface area contributed by atoms with Gasteiger partial charge in [-0.1, -0.05) is 22.6 Å². The van der Waals surface area contributed by atoms with Crippen molar-refractivity contribution in [3.63, 3.8) is 0 Å². The molecule has 0 saturated carbocycles. The SMILES string of the molecule is COC(=O)C(I)CC(N)=O. The lowest BCUT2D eigenvalue weighted by Gasteiger charge is -2.02. The van der Waals surface area contributed by atoms with Gasteiger partial charge in [-0.3, -0.25) is 9.59 Å². The average molecular weight is 257 g/mol. The van der Waals surface area contributed by atoms with Gasteiger partial charge < -0.3 is 10.5 Å². The molecule has 0 fully saturated rings. The van der Waals surface area contributed by atoms with E-state index in [1.807, 2.05) is 22.6 Å². The molecule has 0 spiro atoms. The molecule has 0 aromatic heterocycles. The summed E-state index contributed by atoms with van der Waals surface area (Å²) in [4.78, 5) is 20.8. The van der Waals surface area contributed by atoms with Crippen LogP contribution in [0.3, 0.4) is 0 Å². The number of ether oxygens (including phenoxy) is 1. The van der Waals surface area contributed by atoms with Crippen molar-refractivity contribution in [1.82, 2.24) is 0 Å². The zero-order valence-corrected chi connectivity index (χ0v) is 7.62. The Labute approximate surface area is 72.2 Å². The first kappa shape index (κ1) is 9.67. The van der Waals surface area contributed by atoms with E-state index in [1.54, 1.807) is 0 Å². The lowest BCUT2D eigenvalue weighted by Crippen LogP contribution is -2.23. The number of carbonyl (C=O) groups is 2. The van der Waals surface area contributed by atoms with E-state index in [0.717, 1.165) is 0 Å². The molecule has 0 bridgehead atoms. The average Bonchev–Trinajstić information content (AvgIpc) is 1.85. The summed E-state index contributed by atoms with van der Waals surface area (Å²) in [5.41, 5.74) is 4.83. The lowest BCUT2D eigenvalue weighted by atomic mass is 10.3. The minimum atomic E-state index is -0.496. The highest BCUT2D eigenvalue weighted by atomic mass is 127. The van der Waals surface area contributed by atoms with Gasteiger partial charge >= 0.3 is 5.97 Å². The van der Waals surface area contributed by atoms with Gasteiger partial charge in [0.1, 0.15) is 3.92 Å². The first-order chi connectivity index (χ1) is 4.57. The van der Waals surface area contributed by atoms with Gasteiger partial charge in [0.2, 0.25) is 5.91 Å². The van der Waals surface area contributed by atoms with Crippen LogP contribution >= 0.6 is 22.6 Å². The third-order valence-electron chi connectivity index (χ3n) is 0.837. The van der Waals surface area contributed by atoms with Gasteiger partial charge in [-0.2, -0.15) is 0 Å². The molecule has 0 aliphatic carbocycles. The Morgan fingerprint density at radius 2 is 2.20 bits per heavy atom. The summed E-state index contributed by atoms with van der Waals surface area (Å²) in [5, 5.41) is 0. The Kier molecular flexibility index (Phi) is 4.33. The molecule has 1 atom stereocenters. The summed E-state index contributed by atoms with van der Waals surface area (Å²) in [6.07, 6.45) is 0.0350. The van der Waals surface area contributed by atoms with Crippen LogP contribution in [-0.2, 0) is 14.3 Å². The Hall–Kier alpha value is -0.330. The predicted molar refractivity (Wildman–Crippen MR) is 43.6 cm³/mol. The molecule has 2 N–H and O–H groups in total. The molecular formula is C5H8INO3. The summed E-state index contributed by atoms with van der Waals surface area (Å²) in [6.45, 7) is 0. The van der Waals surface area contributed by atoms with Crippen molar-refractivity contribution in [2.24, 2.45) is 5.73 Å². The van der Waals surface area contributed by atoms with E-state index in [-0.39, 0.29) is 6.42 Å². The van der Waals surface area contributed by atoms with E-state index < -0.39 is 15.8 Å². The van der Waals surface area contributed by atoms with Gasteiger partial charge in [-0.15, -0.1) is 0 Å². The number of hydrogen-bond donors (Lipinski definition) is 1. The van der Waals surface area contributed by atoms with E-state index >= 15 is 0 Å². The first-order valence-electron chi connectivity index (χ1n) is 2.58. The molecule has 0 radical (unpaired) electrons. The van der Waals surface area contributed by atoms with E-state index in [9.17, 15) is 9.59 Å². The van der Waals surface area contributed by atoms with Crippen LogP contribution in [0.2, 0.25) is 0 Å². The fraction of sp³-hybridized carbons (Fsp3) is 0.600. The highest BCUT2D eigenvalue weighted by molar-refractivity contribution is 14.1. The zero-order valence-electron chi connectivity index (χ0n) is 5.46. The van der Waals surface area contributed by atoms with Gasteiger partial charge in [0.25, 0.3) is 0 Å². The molecule has 0 saturated heterocycles. The Morgan fingerprint density at radius 1 is 1.70 bits per heavy atom. The fourth-order valence-corrected chi connectivity index (χ4v) is 1.08. The molecule has 0 heterocycles. The number of hydrogen-bond acceptors (Lipinski definition) is 3. The summed E-state index contributed by atoms with van der Waals surface area (Å²) in [7, 11) is 1.27. The van der Waals surface area contributed by atoms with Crippen LogP contribution < -0.4 is 5.73 Å². The molecule has 58 valence electrons. The number of amides is 1. The second-order valence-corrected chi connectivity index (χ2v) is 3.16. The summed E-state index contributed by atoms with van der Waals surface area (Å²) in [5.74, 6) is -0.913. The van der Waals surface area contributed by atoms with Crippen LogP contribution in [0.25, 0.3) is 0 Å². The number of nitrogens with two attached hydrogens (primary N) is 1. The fourth-order valence-electron chi connectivity index (χ4n) is 0.388. The molecule has 1 unspecified atom stereocenters. The molecule has 0 aromatic rings. The van der Waals surface area contributed by atoms with E-state index in [4.69, 9.17) is 5.73 Å². The smallest absolute Gasteiger partial charge is 0.319 e. The van der Waals surface area contributed by atoms with Gasteiger partial charge in [0.15, 0.2) is 0 Å². The van der Waals surface area contributed by atoms with Gasteiger partial charge in [-0.25, -0.2) is 0 Å². The van der Waals surface area contributed by atoms with Crippen LogP contribution in [0.5, 0.6) is 0 Å². The van der Waals surface area contributed by atoms with E-state index in [2.05, 4.69) is 4.74 Å². The number of alkyl halides is 1. The zero-order chi connectivity index (χ0) is 8.15. The summed E-state index contributed by atoms with van der Waals surface area (Å²) >= 11 is 1.81. The second kappa shape index (κ2) is 4.48. The Bertz CT molecular complexity index is 148. The first-order valence-corrected chi connectivity index (χ1v) is 3.82. The number of rotatable bonds is 3. The Balaban J connectivity index is 3.72. The van der Waals surface area contributed by atoms with Crippen LogP contribution in [0.15, 0.2) is 0 Å². The summed E-state index contributed by atoms with van der Waals surface area (Å²) < 4.78 is 3.90. The molecule has 0 aliphatic heterocycles. The normalized spacial score (nSPS) is 12.2. The van der Waals surface area contributed by atoms with Crippen molar-refractivity contribution in [2.45, 2.75) is 10.3 Å². The Morgan fingerprint density at radius 3 is 2.50 bits per heavy atom. The van der Waals surface area contributed by atoms with Crippen molar-refractivity contribution in [3.8, 4) is 0 Å². The number of esters is 1. The minimum Gasteiger partial charge on any atom is -0.468 e. The predicted octanol–water partition coefficient (Wildman–Crippen LogP) is -0.162. The minimum absolute atomic E-state index is 0.0350. The third kappa shape index (κ3) is 3.65. The van der Waals surface area contributed by atoms with Crippen LogP contribution in [0.4, 0.5) is 0 Å². The highest BCUT2D eigenvalue weighted by Gasteiger charge is 2.16. The van der Waals surface area contributed by atoms with Crippen LogP contribution in [0.1, 0.15) is 6.42 Å². The van der Waals surface area contributed by atoms with Crippen LogP contribution in [0, 0.1) is 0 Å². The van der Waals surface area contributed by atoms with Crippen molar-refractivity contribution < 1.29 is 14.3 Å². The largest absolute Gasteiger partial charge is 0.468 e. The topological polar surface area (TPSA) is 69.4 Å². The maximum Gasteiger partial charge on any atom is 0.319 e. The number of primary amides is 1. The number of carbonyl (C=O) groups excluding carboxylic acids is 2. The van der Waals surface area contributed by atoms with Gasteiger partial charge in [0, 0.05) is 6.42 Å². The lowest BCUT2D eigenvalue weighted by molar-refractivity contribution is -0.140. The molecule has 1 amide bonds. The van der Waals surface area contributed by atoms with Crippen molar-refractivity contribution in [1.29, 1.82) is 0 Å². The summed E-state index contributed by atoms with van der Waals surface area (Å²) in [6, 6.07) is 0. The highest BCUT2D eigenvalue weighted by Crippen LogP contribution is 2.06. The second-order valence-electron chi connectivity index (χ2n) is 1.66. The third-order valence-corrected chi connectivity index (χ3v) is 1.79. The molecule has 0 aromatic carbocycles. The quantitative estimate of drug-likeness (QED) is 0.434. The maximum absolute atomic E-state index is 10.6. The molecular weight excluding hydrogens is 249 g/mol. The molecule has 0 aliphatic rings. The van der Waals surface area contributed by atoms with Gasteiger partial charge in [-0.05, 0) is 0 Å². The van der Waals surface area contributed by atoms with E-state index in [0.29, 0.717) is 0 Å². The standard InChI is InChI=1S/C5H8INO3/c1-10-5(9)3(6)2-4(7)8/h3H,2H2,1H3,(H2,7,8).